The number of aromatic nitrogens is 2. The molecule has 0 bridgehead atoms. The molecule has 124 valence electrons. The second-order valence-corrected chi connectivity index (χ2v) is 7.42. The van der Waals surface area contributed by atoms with Gasteiger partial charge in [0.1, 0.15) is 5.03 Å². The summed E-state index contributed by atoms with van der Waals surface area (Å²) in [5, 5.41) is 1.51. The third-order valence-electron chi connectivity index (χ3n) is 4.62. The van der Waals surface area contributed by atoms with Gasteiger partial charge in [-0.25, -0.2) is 4.79 Å². The normalized spacial score (nSPS) is 15.3. The molecule has 0 spiro atoms. The molecule has 1 aromatic rings. The first-order chi connectivity index (χ1) is 10.6. The number of rotatable bonds is 8. The molecular weight excluding hydrogens is 294 g/mol. The molecule has 0 saturated heterocycles. The summed E-state index contributed by atoms with van der Waals surface area (Å²) in [5.41, 5.74) is 2.53. The van der Waals surface area contributed by atoms with Crippen LogP contribution in [0.4, 0.5) is 0 Å². The van der Waals surface area contributed by atoms with Crippen molar-refractivity contribution < 1.29 is 0 Å². The fourth-order valence-electron chi connectivity index (χ4n) is 2.97. The Balaban J connectivity index is 2.25. The minimum Gasteiger partial charge on any atom is -0.302 e. The monoisotopic (exact) mass is 323 g/mol. The van der Waals surface area contributed by atoms with Gasteiger partial charge < -0.3 is 4.90 Å². The Kier molecular flexibility index (Phi) is 6.50. The van der Waals surface area contributed by atoms with Crippen molar-refractivity contribution in [1.82, 2.24) is 14.5 Å². The summed E-state index contributed by atoms with van der Waals surface area (Å²) in [6.45, 7) is 12.5. The molecule has 22 heavy (non-hydrogen) atoms. The third-order valence-corrected chi connectivity index (χ3v) is 5.92. The minimum atomic E-state index is -0.0568. The van der Waals surface area contributed by atoms with Crippen LogP contribution in [-0.2, 0) is 19.4 Å². The number of hydrogen-bond donors (Lipinski definition) is 0. The Morgan fingerprint density at radius 2 is 2.00 bits per heavy atom. The maximum Gasteiger partial charge on any atom is 0.348 e. The zero-order chi connectivity index (χ0) is 16.1. The number of fused-ring (bicyclic) bond motifs is 1. The van der Waals surface area contributed by atoms with Gasteiger partial charge in [-0.15, -0.1) is 11.8 Å². The largest absolute Gasteiger partial charge is 0.348 e. The van der Waals surface area contributed by atoms with Gasteiger partial charge in [-0.2, -0.15) is 4.98 Å². The van der Waals surface area contributed by atoms with Crippen molar-refractivity contribution >= 4 is 11.8 Å². The second-order valence-electron chi connectivity index (χ2n) is 5.99. The van der Waals surface area contributed by atoms with Crippen LogP contribution in [0, 0.1) is 0 Å². The van der Waals surface area contributed by atoms with Crippen molar-refractivity contribution in [3.05, 3.63) is 21.7 Å². The van der Waals surface area contributed by atoms with Crippen LogP contribution in [0.5, 0.6) is 0 Å². The summed E-state index contributed by atoms with van der Waals surface area (Å²) >= 11 is 1.77. The Labute approximate surface area is 138 Å². The summed E-state index contributed by atoms with van der Waals surface area (Å²) < 4.78 is 1.93. The van der Waals surface area contributed by atoms with E-state index in [0.717, 1.165) is 56.9 Å². The molecule has 1 heterocycles. The highest BCUT2D eigenvalue weighted by Crippen LogP contribution is 2.32. The SMILES string of the molecule is CCC(C)Sc1nc(=O)n(CCN(CC)CC)c2c1CCC2. The molecule has 1 aromatic heterocycles. The molecule has 0 N–H and O–H groups in total. The van der Waals surface area contributed by atoms with E-state index in [9.17, 15) is 4.79 Å². The van der Waals surface area contributed by atoms with Crippen molar-refractivity contribution in [2.45, 2.75) is 70.2 Å². The highest BCUT2D eigenvalue weighted by Gasteiger charge is 2.22. The summed E-state index contributed by atoms with van der Waals surface area (Å²) in [4.78, 5) is 19.2. The molecule has 1 aliphatic carbocycles. The van der Waals surface area contributed by atoms with E-state index >= 15 is 0 Å². The van der Waals surface area contributed by atoms with E-state index in [1.54, 1.807) is 11.8 Å². The Morgan fingerprint density at radius 1 is 1.27 bits per heavy atom. The molecule has 0 fully saturated rings. The quantitative estimate of drug-likeness (QED) is 0.544. The average Bonchev–Trinajstić information content (AvgIpc) is 3.00. The number of likely N-dealkylation sites (N-methyl/N-ethyl adjacent to an activating group) is 1. The number of thioether (sulfide) groups is 1. The highest BCUT2D eigenvalue weighted by molar-refractivity contribution is 7.99. The average molecular weight is 324 g/mol. The van der Waals surface area contributed by atoms with Gasteiger partial charge >= 0.3 is 5.69 Å². The maximum atomic E-state index is 12.5. The van der Waals surface area contributed by atoms with Crippen LogP contribution in [0.2, 0.25) is 0 Å². The van der Waals surface area contributed by atoms with Crippen LogP contribution in [0.15, 0.2) is 9.82 Å². The Bertz CT molecular complexity index is 552. The van der Waals surface area contributed by atoms with Gasteiger partial charge in [-0.3, -0.25) is 4.57 Å². The predicted octanol–water partition coefficient (Wildman–Crippen LogP) is 2.96. The van der Waals surface area contributed by atoms with Gasteiger partial charge in [0.2, 0.25) is 0 Å². The van der Waals surface area contributed by atoms with E-state index in [4.69, 9.17) is 0 Å². The molecule has 1 unspecified atom stereocenters. The van der Waals surface area contributed by atoms with Crippen molar-refractivity contribution in [3.63, 3.8) is 0 Å². The van der Waals surface area contributed by atoms with Crippen LogP contribution in [0.3, 0.4) is 0 Å². The lowest BCUT2D eigenvalue weighted by Gasteiger charge is -2.20. The molecule has 0 amide bonds. The lowest BCUT2D eigenvalue weighted by atomic mass is 10.2. The molecule has 0 saturated carbocycles. The van der Waals surface area contributed by atoms with Gasteiger partial charge in [0.15, 0.2) is 0 Å². The first-order valence-electron chi connectivity index (χ1n) is 8.62. The van der Waals surface area contributed by atoms with Gasteiger partial charge in [0, 0.05) is 29.6 Å². The fourth-order valence-corrected chi connectivity index (χ4v) is 4.01. The first kappa shape index (κ1) is 17.5. The van der Waals surface area contributed by atoms with E-state index in [0.29, 0.717) is 5.25 Å². The van der Waals surface area contributed by atoms with Crippen LogP contribution in [0.1, 0.15) is 51.8 Å². The second kappa shape index (κ2) is 8.16. The molecule has 1 aliphatic rings. The molecular formula is C17H29N3OS. The van der Waals surface area contributed by atoms with Crippen molar-refractivity contribution in [1.29, 1.82) is 0 Å². The Hall–Kier alpha value is -0.810. The standard InChI is InChI=1S/C17H29N3OS/c1-5-13(4)22-16-14-9-8-10-15(14)20(17(21)18-16)12-11-19(6-2)7-3/h13H,5-12H2,1-4H3. The van der Waals surface area contributed by atoms with Gasteiger partial charge in [-0.1, -0.05) is 27.7 Å². The smallest absolute Gasteiger partial charge is 0.302 e. The van der Waals surface area contributed by atoms with Gasteiger partial charge in [-0.05, 0) is 38.8 Å². The number of hydrogen-bond acceptors (Lipinski definition) is 4. The zero-order valence-corrected chi connectivity index (χ0v) is 15.2. The summed E-state index contributed by atoms with van der Waals surface area (Å²) in [5.74, 6) is 0. The minimum absolute atomic E-state index is 0.0568. The molecule has 2 rings (SSSR count). The Morgan fingerprint density at radius 3 is 2.64 bits per heavy atom. The summed E-state index contributed by atoms with van der Waals surface area (Å²) in [6.07, 6.45) is 4.36. The number of nitrogens with zero attached hydrogens (tertiary/aromatic N) is 3. The van der Waals surface area contributed by atoms with Crippen LogP contribution >= 0.6 is 11.8 Å². The van der Waals surface area contributed by atoms with Crippen LogP contribution in [-0.4, -0.2) is 39.3 Å². The van der Waals surface area contributed by atoms with Crippen molar-refractivity contribution in [2.24, 2.45) is 0 Å². The van der Waals surface area contributed by atoms with E-state index in [1.807, 2.05) is 4.57 Å². The maximum absolute atomic E-state index is 12.5. The van der Waals surface area contributed by atoms with Crippen LogP contribution < -0.4 is 5.69 Å². The lowest BCUT2D eigenvalue weighted by Crippen LogP contribution is -2.34. The van der Waals surface area contributed by atoms with Crippen molar-refractivity contribution in [2.75, 3.05) is 19.6 Å². The van der Waals surface area contributed by atoms with E-state index in [1.165, 1.54) is 11.3 Å². The molecule has 5 heteroatoms. The van der Waals surface area contributed by atoms with Gasteiger partial charge in [0.05, 0.1) is 0 Å². The third kappa shape index (κ3) is 3.93. The molecule has 0 radical (unpaired) electrons. The lowest BCUT2D eigenvalue weighted by molar-refractivity contribution is 0.286. The van der Waals surface area contributed by atoms with E-state index < -0.39 is 0 Å². The topological polar surface area (TPSA) is 38.1 Å². The van der Waals surface area contributed by atoms with E-state index in [-0.39, 0.29) is 5.69 Å². The van der Waals surface area contributed by atoms with Crippen molar-refractivity contribution in [3.8, 4) is 0 Å². The zero-order valence-electron chi connectivity index (χ0n) is 14.4. The predicted molar refractivity (Wildman–Crippen MR) is 93.9 cm³/mol. The first-order valence-corrected chi connectivity index (χ1v) is 9.50. The fraction of sp³-hybridized carbons (Fsp3) is 0.765. The van der Waals surface area contributed by atoms with Crippen LogP contribution in [0.25, 0.3) is 0 Å². The summed E-state index contributed by atoms with van der Waals surface area (Å²) in [6, 6.07) is 0. The summed E-state index contributed by atoms with van der Waals surface area (Å²) in [7, 11) is 0. The molecule has 1 atom stereocenters. The van der Waals surface area contributed by atoms with E-state index in [2.05, 4.69) is 37.6 Å². The molecule has 0 aliphatic heterocycles. The van der Waals surface area contributed by atoms with Gasteiger partial charge in [0.25, 0.3) is 0 Å². The molecule has 0 aromatic carbocycles. The molecule has 4 nitrogen and oxygen atoms in total. The highest BCUT2D eigenvalue weighted by atomic mass is 32.2.